The van der Waals surface area contributed by atoms with Crippen molar-refractivity contribution in [2.24, 2.45) is 0 Å². The number of carbonyl (C=O) groups is 1. The van der Waals surface area contributed by atoms with Crippen LogP contribution in [0.2, 0.25) is 0 Å². The van der Waals surface area contributed by atoms with Gasteiger partial charge >= 0.3 is 0 Å². The van der Waals surface area contributed by atoms with Gasteiger partial charge in [-0.05, 0) is 38.3 Å². The molecule has 1 amide bonds. The SMILES string of the molecule is Cc1ccc(C(=O)Nc2c(N3CCCCC3)nc(N)[nH]c2=O)cc1. The highest BCUT2D eigenvalue weighted by Gasteiger charge is 2.21. The molecule has 126 valence electrons. The molecule has 1 fully saturated rings. The van der Waals surface area contributed by atoms with E-state index in [9.17, 15) is 9.59 Å². The van der Waals surface area contributed by atoms with Gasteiger partial charge in [0, 0.05) is 18.7 Å². The second-order valence-corrected chi connectivity index (χ2v) is 6.02. The Labute approximate surface area is 139 Å². The van der Waals surface area contributed by atoms with Crippen LogP contribution in [0.1, 0.15) is 35.2 Å². The lowest BCUT2D eigenvalue weighted by Gasteiger charge is -2.29. The molecule has 7 nitrogen and oxygen atoms in total. The summed E-state index contributed by atoms with van der Waals surface area (Å²) in [6, 6.07) is 7.16. The van der Waals surface area contributed by atoms with Crippen molar-refractivity contribution in [3.05, 3.63) is 45.7 Å². The maximum Gasteiger partial charge on any atom is 0.278 e. The average Bonchev–Trinajstić information content (AvgIpc) is 2.58. The molecule has 24 heavy (non-hydrogen) atoms. The Morgan fingerprint density at radius 1 is 1.21 bits per heavy atom. The van der Waals surface area contributed by atoms with E-state index >= 15 is 0 Å². The molecule has 1 saturated heterocycles. The van der Waals surface area contributed by atoms with Gasteiger partial charge in [0.25, 0.3) is 11.5 Å². The second kappa shape index (κ2) is 6.74. The van der Waals surface area contributed by atoms with Gasteiger partial charge in [-0.2, -0.15) is 4.98 Å². The maximum atomic E-state index is 12.5. The summed E-state index contributed by atoms with van der Waals surface area (Å²) in [5, 5.41) is 2.70. The topological polar surface area (TPSA) is 104 Å². The first-order chi connectivity index (χ1) is 11.5. The van der Waals surface area contributed by atoms with Gasteiger partial charge in [0.05, 0.1) is 0 Å². The lowest BCUT2D eigenvalue weighted by atomic mass is 10.1. The molecule has 4 N–H and O–H groups in total. The van der Waals surface area contributed by atoms with E-state index in [-0.39, 0.29) is 17.5 Å². The van der Waals surface area contributed by atoms with Gasteiger partial charge < -0.3 is 16.0 Å². The number of benzene rings is 1. The molecule has 1 aromatic carbocycles. The predicted octanol–water partition coefficient (Wildman–Crippen LogP) is 1.90. The highest BCUT2D eigenvalue weighted by molar-refractivity contribution is 6.05. The smallest absolute Gasteiger partial charge is 0.278 e. The van der Waals surface area contributed by atoms with E-state index in [1.807, 2.05) is 24.0 Å². The zero-order valence-electron chi connectivity index (χ0n) is 13.6. The first kappa shape index (κ1) is 16.0. The van der Waals surface area contributed by atoms with Crippen molar-refractivity contribution in [3.8, 4) is 0 Å². The van der Waals surface area contributed by atoms with E-state index in [1.54, 1.807) is 12.1 Å². The molecule has 1 aromatic heterocycles. The van der Waals surface area contributed by atoms with Crippen LogP contribution in [0.5, 0.6) is 0 Å². The summed E-state index contributed by atoms with van der Waals surface area (Å²) in [5.74, 6) is 0.149. The molecule has 2 aromatic rings. The minimum absolute atomic E-state index is 0.0499. The number of anilines is 3. The van der Waals surface area contributed by atoms with E-state index in [0.717, 1.165) is 37.9 Å². The standard InChI is InChI=1S/C17H21N5O2/c1-11-5-7-12(8-6-11)15(23)19-13-14(20-17(18)21-16(13)24)22-9-3-2-4-10-22/h5-8H,2-4,9-10H2,1H3,(H,19,23)(H3,18,20,21,24). The molecule has 2 heterocycles. The predicted molar refractivity (Wildman–Crippen MR) is 94.5 cm³/mol. The molecule has 1 aliphatic heterocycles. The molecule has 0 atom stereocenters. The Morgan fingerprint density at radius 2 is 1.88 bits per heavy atom. The number of aromatic nitrogens is 2. The number of H-pyrrole nitrogens is 1. The van der Waals surface area contributed by atoms with E-state index in [2.05, 4.69) is 15.3 Å². The van der Waals surface area contributed by atoms with Gasteiger partial charge in [0.15, 0.2) is 11.5 Å². The third-order valence-electron chi connectivity index (χ3n) is 4.13. The maximum absolute atomic E-state index is 12.5. The van der Waals surface area contributed by atoms with Crippen LogP contribution in [0.4, 0.5) is 17.5 Å². The number of piperidine rings is 1. The Morgan fingerprint density at radius 3 is 2.54 bits per heavy atom. The molecular formula is C17H21N5O2. The van der Waals surface area contributed by atoms with Gasteiger partial charge in [-0.1, -0.05) is 17.7 Å². The number of carbonyl (C=O) groups excluding carboxylic acids is 1. The summed E-state index contributed by atoms with van der Waals surface area (Å²) in [7, 11) is 0. The highest BCUT2D eigenvalue weighted by Crippen LogP contribution is 2.24. The number of aromatic amines is 1. The molecule has 0 saturated carbocycles. The number of aryl methyl sites for hydroxylation is 1. The van der Waals surface area contributed by atoms with Crippen molar-refractivity contribution in [1.29, 1.82) is 0 Å². The first-order valence-electron chi connectivity index (χ1n) is 8.07. The Bertz CT molecular complexity index is 792. The lowest BCUT2D eigenvalue weighted by Crippen LogP contribution is -2.34. The number of hydrogen-bond acceptors (Lipinski definition) is 5. The monoisotopic (exact) mass is 327 g/mol. The summed E-state index contributed by atoms with van der Waals surface area (Å²) >= 11 is 0. The van der Waals surface area contributed by atoms with Gasteiger partial charge in [-0.15, -0.1) is 0 Å². The number of hydrogen-bond donors (Lipinski definition) is 3. The molecule has 0 radical (unpaired) electrons. The van der Waals surface area contributed by atoms with Crippen LogP contribution in [0.15, 0.2) is 29.1 Å². The van der Waals surface area contributed by atoms with Gasteiger partial charge in [-0.3, -0.25) is 14.6 Å². The zero-order chi connectivity index (χ0) is 17.1. The van der Waals surface area contributed by atoms with E-state index < -0.39 is 5.56 Å². The van der Waals surface area contributed by atoms with Crippen molar-refractivity contribution < 1.29 is 4.79 Å². The molecule has 0 spiro atoms. The van der Waals surface area contributed by atoms with E-state index in [0.29, 0.717) is 11.4 Å². The third-order valence-corrected chi connectivity index (χ3v) is 4.13. The Hall–Kier alpha value is -2.83. The lowest BCUT2D eigenvalue weighted by molar-refractivity contribution is 0.102. The number of rotatable bonds is 3. The third kappa shape index (κ3) is 3.40. The summed E-state index contributed by atoms with van der Waals surface area (Å²) in [6.07, 6.45) is 3.21. The number of amides is 1. The molecule has 7 heteroatoms. The number of nitrogens with one attached hydrogen (secondary N) is 2. The summed E-state index contributed by atoms with van der Waals surface area (Å²) in [6.45, 7) is 3.54. The van der Waals surface area contributed by atoms with Crippen LogP contribution in [-0.4, -0.2) is 29.0 Å². The van der Waals surface area contributed by atoms with Crippen LogP contribution >= 0.6 is 0 Å². The minimum Gasteiger partial charge on any atom is -0.369 e. The van der Waals surface area contributed by atoms with Crippen molar-refractivity contribution in [2.75, 3.05) is 29.0 Å². The van der Waals surface area contributed by atoms with Crippen LogP contribution in [0.3, 0.4) is 0 Å². The van der Waals surface area contributed by atoms with Crippen LogP contribution in [-0.2, 0) is 0 Å². The normalized spacial score (nSPS) is 14.5. The summed E-state index contributed by atoms with van der Waals surface area (Å²) in [5.41, 5.74) is 6.95. The number of nitrogens with zero attached hydrogens (tertiary/aromatic N) is 2. The fraction of sp³-hybridized carbons (Fsp3) is 0.353. The molecule has 0 aliphatic carbocycles. The quantitative estimate of drug-likeness (QED) is 0.799. The van der Waals surface area contributed by atoms with E-state index in [1.165, 1.54) is 0 Å². The Kier molecular flexibility index (Phi) is 4.50. The molecular weight excluding hydrogens is 306 g/mol. The van der Waals surface area contributed by atoms with Crippen molar-refractivity contribution >= 4 is 23.4 Å². The van der Waals surface area contributed by atoms with Gasteiger partial charge in [0.1, 0.15) is 0 Å². The summed E-state index contributed by atoms with van der Waals surface area (Å²) in [4.78, 5) is 33.5. The average molecular weight is 327 g/mol. The van der Waals surface area contributed by atoms with E-state index in [4.69, 9.17) is 5.73 Å². The zero-order valence-corrected chi connectivity index (χ0v) is 13.6. The Balaban J connectivity index is 1.92. The summed E-state index contributed by atoms with van der Waals surface area (Å²) < 4.78 is 0. The molecule has 0 unspecified atom stereocenters. The number of nitrogen functional groups attached to an aromatic ring is 1. The minimum atomic E-state index is -0.441. The van der Waals surface area contributed by atoms with Crippen molar-refractivity contribution in [3.63, 3.8) is 0 Å². The first-order valence-corrected chi connectivity index (χ1v) is 8.07. The fourth-order valence-electron chi connectivity index (χ4n) is 2.82. The van der Waals surface area contributed by atoms with Crippen LogP contribution in [0, 0.1) is 6.92 Å². The molecule has 0 bridgehead atoms. The fourth-order valence-corrected chi connectivity index (χ4v) is 2.82. The molecule has 1 aliphatic rings. The van der Waals surface area contributed by atoms with Crippen molar-refractivity contribution in [2.45, 2.75) is 26.2 Å². The van der Waals surface area contributed by atoms with Gasteiger partial charge in [-0.25, -0.2) is 0 Å². The largest absolute Gasteiger partial charge is 0.369 e. The molecule has 3 rings (SSSR count). The second-order valence-electron chi connectivity index (χ2n) is 6.02. The van der Waals surface area contributed by atoms with Crippen LogP contribution in [0.25, 0.3) is 0 Å². The van der Waals surface area contributed by atoms with Crippen molar-refractivity contribution in [1.82, 2.24) is 9.97 Å². The highest BCUT2D eigenvalue weighted by atomic mass is 16.2. The van der Waals surface area contributed by atoms with Crippen LogP contribution < -0.4 is 21.5 Å². The number of nitrogens with two attached hydrogens (primary N) is 1. The van der Waals surface area contributed by atoms with Gasteiger partial charge in [0.2, 0.25) is 5.95 Å².